The quantitative estimate of drug-likeness (QED) is 0.296. The van der Waals surface area contributed by atoms with Crippen molar-refractivity contribution in [3.63, 3.8) is 0 Å². The van der Waals surface area contributed by atoms with Crippen LogP contribution < -0.4 is 10.2 Å². The summed E-state index contributed by atoms with van der Waals surface area (Å²) in [5.74, 6) is 0.0585. The Morgan fingerprint density at radius 1 is 1.07 bits per heavy atom. The van der Waals surface area contributed by atoms with Crippen LogP contribution in [0, 0.1) is 5.92 Å². The number of halogens is 1. The second kappa shape index (κ2) is 14.3. The van der Waals surface area contributed by atoms with Crippen LogP contribution in [-0.2, 0) is 20.9 Å². The van der Waals surface area contributed by atoms with Crippen molar-refractivity contribution in [3.05, 3.63) is 35.9 Å². The summed E-state index contributed by atoms with van der Waals surface area (Å²) < 4.78 is 10.5. The third-order valence-corrected chi connectivity index (χ3v) is 4.70. The van der Waals surface area contributed by atoms with Gasteiger partial charge in [-0.1, -0.05) is 57.0 Å². The van der Waals surface area contributed by atoms with Crippen LogP contribution in [0.1, 0.15) is 51.5 Å². The van der Waals surface area contributed by atoms with Crippen LogP contribution in [0.4, 0.5) is 4.79 Å². The fourth-order valence-corrected chi connectivity index (χ4v) is 2.68. The number of hydrogen-bond acceptors (Lipinski definition) is 5. The van der Waals surface area contributed by atoms with Gasteiger partial charge in [-0.05, 0) is 42.5 Å². The highest BCUT2D eigenvalue weighted by Crippen LogP contribution is 2.10. The molecule has 0 aliphatic rings. The van der Waals surface area contributed by atoms with E-state index in [0.29, 0.717) is 25.5 Å². The number of carbonyl (C=O) groups is 2. The molecule has 0 radical (unpaired) electrons. The predicted octanol–water partition coefficient (Wildman–Crippen LogP) is 4.17. The second-order valence-electron chi connectivity index (χ2n) is 6.46. The fourth-order valence-electron chi connectivity index (χ4n) is 2.48. The van der Waals surface area contributed by atoms with Gasteiger partial charge in [-0.15, -0.1) is 0 Å². The van der Waals surface area contributed by atoms with Gasteiger partial charge in [-0.25, -0.2) is 9.63 Å². The first-order valence-corrected chi connectivity index (χ1v) is 9.95. The summed E-state index contributed by atoms with van der Waals surface area (Å²) in [5, 5.41) is 2.70. The van der Waals surface area contributed by atoms with Gasteiger partial charge in [0.1, 0.15) is 12.6 Å². The summed E-state index contributed by atoms with van der Waals surface area (Å²) >= 11 is 5.67. The number of alkyl carbamates (subject to hydrolysis) is 1. The maximum Gasteiger partial charge on any atom is 0.407 e. The Balaban J connectivity index is 2.14. The highest BCUT2D eigenvalue weighted by atomic mass is 35.5. The van der Waals surface area contributed by atoms with E-state index in [1.54, 1.807) is 0 Å². The molecule has 1 atom stereocenters. The van der Waals surface area contributed by atoms with Crippen LogP contribution in [0.2, 0.25) is 0 Å². The molecule has 1 aromatic carbocycles. The average Bonchev–Trinajstić information content (AvgIpc) is 2.70. The molecule has 0 heterocycles. The lowest BCUT2D eigenvalue weighted by molar-refractivity contribution is -0.147. The number of hydrogen-bond donors (Lipinski definition) is 2. The van der Waals surface area contributed by atoms with E-state index < -0.39 is 12.1 Å². The lowest BCUT2D eigenvalue weighted by Crippen LogP contribution is -2.34. The zero-order chi connectivity index (χ0) is 19.9. The lowest BCUT2D eigenvalue weighted by Gasteiger charge is -2.17. The summed E-state index contributed by atoms with van der Waals surface area (Å²) in [4.78, 5) is 26.2. The molecule has 0 fully saturated rings. The number of unbranched alkanes of at least 4 members (excludes halogenated alkanes) is 1. The molecule has 7 heteroatoms. The van der Waals surface area contributed by atoms with Gasteiger partial charge in [0, 0.05) is 6.54 Å². The molecule has 1 amide bonds. The number of rotatable bonds is 13. The Kier molecular flexibility index (Phi) is 12.3. The van der Waals surface area contributed by atoms with Gasteiger partial charge < -0.3 is 14.8 Å². The minimum Gasteiger partial charge on any atom is -0.464 e. The molecule has 27 heavy (non-hydrogen) atoms. The maximum atomic E-state index is 12.0. The fraction of sp³-hybridized carbons (Fsp3) is 0.600. The van der Waals surface area contributed by atoms with E-state index in [2.05, 4.69) is 24.0 Å². The molecule has 1 aromatic rings. The summed E-state index contributed by atoms with van der Waals surface area (Å²) in [7, 11) is 0. The average molecular weight is 399 g/mol. The number of esters is 1. The Labute approximate surface area is 167 Å². The third-order valence-electron chi connectivity index (χ3n) is 4.43. The minimum atomic E-state index is -0.536. The van der Waals surface area contributed by atoms with Gasteiger partial charge in [0.05, 0.1) is 6.61 Å². The predicted molar refractivity (Wildman–Crippen MR) is 106 cm³/mol. The molecule has 0 spiro atoms. The van der Waals surface area contributed by atoms with Crippen LogP contribution in [0.3, 0.4) is 0 Å². The molecule has 2 N–H and O–H groups in total. The monoisotopic (exact) mass is 398 g/mol. The lowest BCUT2D eigenvalue weighted by atomic mass is 10.1. The maximum absolute atomic E-state index is 12.0. The zero-order valence-electron chi connectivity index (χ0n) is 16.2. The second-order valence-corrected chi connectivity index (χ2v) is 6.68. The molecule has 0 saturated heterocycles. The number of carbonyl (C=O) groups excluding carboxylic acids is 2. The Hall–Kier alpha value is -1.79. The SMILES string of the molecule is CCC(CC)COC(=O)C(CCCCNC(=O)OCc1ccccc1)NCl. The molecule has 0 bridgehead atoms. The molecular formula is C20H31ClN2O4. The molecule has 0 aromatic heterocycles. The summed E-state index contributed by atoms with van der Waals surface area (Å²) in [6.45, 7) is 5.31. The molecule has 1 rings (SSSR count). The van der Waals surface area contributed by atoms with Gasteiger partial charge in [-0.2, -0.15) is 0 Å². The van der Waals surface area contributed by atoms with E-state index in [1.807, 2.05) is 30.3 Å². The van der Waals surface area contributed by atoms with Crippen LogP contribution >= 0.6 is 11.8 Å². The molecule has 152 valence electrons. The zero-order valence-corrected chi connectivity index (χ0v) is 17.0. The first kappa shape index (κ1) is 23.2. The first-order chi connectivity index (χ1) is 13.1. The van der Waals surface area contributed by atoms with Crippen LogP contribution in [0.5, 0.6) is 0 Å². The standard InChI is InChI=1S/C20H31ClN2O4/c1-3-16(4-2)14-26-19(24)18(23-21)12-8-9-13-22-20(25)27-15-17-10-6-5-7-11-17/h5-7,10-11,16,18,23H,3-4,8-9,12-15H2,1-2H3,(H,22,25). The third kappa shape index (κ3) is 10.2. The van der Waals surface area contributed by atoms with Gasteiger partial charge in [-0.3, -0.25) is 4.79 Å². The Bertz CT molecular complexity index is 538. The Morgan fingerprint density at radius 3 is 2.41 bits per heavy atom. The number of benzene rings is 1. The topological polar surface area (TPSA) is 76.7 Å². The van der Waals surface area contributed by atoms with Crippen molar-refractivity contribution in [1.29, 1.82) is 0 Å². The first-order valence-electron chi connectivity index (χ1n) is 9.58. The van der Waals surface area contributed by atoms with Crippen molar-refractivity contribution in [1.82, 2.24) is 10.2 Å². The van der Waals surface area contributed by atoms with Crippen molar-refractivity contribution in [2.75, 3.05) is 13.2 Å². The number of nitrogens with one attached hydrogen (secondary N) is 2. The summed E-state index contributed by atoms with van der Waals surface area (Å²) in [5.41, 5.74) is 0.940. The van der Waals surface area contributed by atoms with E-state index in [4.69, 9.17) is 21.3 Å². The van der Waals surface area contributed by atoms with Crippen molar-refractivity contribution in [3.8, 4) is 0 Å². The number of amides is 1. The van der Waals surface area contributed by atoms with E-state index >= 15 is 0 Å². The van der Waals surface area contributed by atoms with Gasteiger partial charge in [0.15, 0.2) is 0 Å². The molecular weight excluding hydrogens is 368 g/mol. The smallest absolute Gasteiger partial charge is 0.407 e. The molecule has 0 aliphatic heterocycles. The van der Waals surface area contributed by atoms with Crippen molar-refractivity contribution in [2.24, 2.45) is 5.92 Å². The molecule has 1 unspecified atom stereocenters. The van der Waals surface area contributed by atoms with Crippen LogP contribution in [0.25, 0.3) is 0 Å². The highest BCUT2D eigenvalue weighted by Gasteiger charge is 2.19. The molecule has 6 nitrogen and oxygen atoms in total. The van der Waals surface area contributed by atoms with Crippen LogP contribution in [0.15, 0.2) is 30.3 Å². The summed E-state index contributed by atoms with van der Waals surface area (Å²) in [6.07, 6.45) is 3.50. The highest BCUT2D eigenvalue weighted by molar-refractivity contribution is 6.14. The van der Waals surface area contributed by atoms with Gasteiger partial charge >= 0.3 is 12.1 Å². The number of ether oxygens (including phenoxy) is 2. The largest absolute Gasteiger partial charge is 0.464 e. The van der Waals surface area contributed by atoms with E-state index in [0.717, 1.165) is 31.2 Å². The van der Waals surface area contributed by atoms with E-state index in [1.165, 1.54) is 0 Å². The normalized spacial score (nSPS) is 11.9. The van der Waals surface area contributed by atoms with Crippen molar-refractivity contribution >= 4 is 23.8 Å². The molecule has 0 aliphatic carbocycles. The van der Waals surface area contributed by atoms with Crippen molar-refractivity contribution < 1.29 is 19.1 Å². The van der Waals surface area contributed by atoms with Gasteiger partial charge in [0.2, 0.25) is 0 Å². The van der Waals surface area contributed by atoms with Crippen LogP contribution in [-0.4, -0.2) is 31.3 Å². The summed E-state index contributed by atoms with van der Waals surface area (Å²) in [6, 6.07) is 8.96. The van der Waals surface area contributed by atoms with Crippen molar-refractivity contribution in [2.45, 2.75) is 58.6 Å². The minimum absolute atomic E-state index is 0.243. The van der Waals surface area contributed by atoms with E-state index in [9.17, 15) is 9.59 Å². The Morgan fingerprint density at radius 2 is 1.78 bits per heavy atom. The van der Waals surface area contributed by atoms with E-state index in [-0.39, 0.29) is 12.6 Å². The molecule has 0 saturated carbocycles. The van der Waals surface area contributed by atoms with Gasteiger partial charge in [0.25, 0.3) is 0 Å².